The van der Waals surface area contributed by atoms with Crippen molar-refractivity contribution in [2.75, 3.05) is 10.6 Å². The first-order valence-electron chi connectivity index (χ1n) is 9.59. The lowest BCUT2D eigenvalue weighted by molar-refractivity contribution is 0.0919. The fourth-order valence-electron chi connectivity index (χ4n) is 2.76. The standard InChI is InChI=1S/C22H25FN6O/c1-14(15-5-7-17(23)8-6-15)26-18-11-16(21(30)29-22(2,3)4)12-19(27-18)28-20-13-24-9-10-25-20/h5-14H,1-4H3,(H,29,30)(H2,25,26,27,28). The molecule has 30 heavy (non-hydrogen) atoms. The van der Waals surface area contributed by atoms with Crippen molar-refractivity contribution in [3.05, 3.63) is 71.9 Å². The van der Waals surface area contributed by atoms with Gasteiger partial charge in [0.1, 0.15) is 23.3 Å². The van der Waals surface area contributed by atoms with Crippen LogP contribution in [0.15, 0.2) is 55.0 Å². The van der Waals surface area contributed by atoms with E-state index in [0.717, 1.165) is 5.56 Å². The van der Waals surface area contributed by atoms with Gasteiger partial charge >= 0.3 is 0 Å². The summed E-state index contributed by atoms with van der Waals surface area (Å²) in [6, 6.07) is 9.43. The Bertz CT molecular complexity index is 1000. The van der Waals surface area contributed by atoms with Crippen LogP contribution < -0.4 is 16.0 Å². The van der Waals surface area contributed by atoms with Gasteiger partial charge in [0.2, 0.25) is 0 Å². The third-order valence-electron chi connectivity index (χ3n) is 4.13. The molecule has 3 aromatic rings. The number of aromatic nitrogens is 3. The molecular formula is C22H25FN6O. The summed E-state index contributed by atoms with van der Waals surface area (Å²) < 4.78 is 13.2. The number of halogens is 1. The number of carbonyl (C=O) groups excluding carboxylic acids is 1. The summed E-state index contributed by atoms with van der Waals surface area (Å²) in [6.07, 6.45) is 4.70. The molecule has 0 saturated heterocycles. The maximum absolute atomic E-state index is 13.2. The van der Waals surface area contributed by atoms with Crippen molar-refractivity contribution in [2.45, 2.75) is 39.3 Å². The number of carbonyl (C=O) groups is 1. The van der Waals surface area contributed by atoms with Gasteiger partial charge in [-0.15, -0.1) is 0 Å². The van der Waals surface area contributed by atoms with Gasteiger partial charge in [0.05, 0.1) is 6.20 Å². The van der Waals surface area contributed by atoms with Crippen molar-refractivity contribution in [3.8, 4) is 0 Å². The first-order chi connectivity index (χ1) is 14.2. The molecule has 0 saturated carbocycles. The zero-order chi connectivity index (χ0) is 21.7. The summed E-state index contributed by atoms with van der Waals surface area (Å²) in [5, 5.41) is 9.29. The molecule has 8 heteroatoms. The molecule has 0 aliphatic rings. The van der Waals surface area contributed by atoms with E-state index < -0.39 is 0 Å². The average molecular weight is 408 g/mol. The SMILES string of the molecule is CC(Nc1cc(C(=O)NC(C)(C)C)cc(Nc2cnccn2)n1)c1ccc(F)cc1. The highest BCUT2D eigenvalue weighted by atomic mass is 19.1. The van der Waals surface area contributed by atoms with Crippen LogP contribution in [0.4, 0.5) is 21.8 Å². The first kappa shape index (κ1) is 21.2. The highest BCUT2D eigenvalue weighted by Gasteiger charge is 2.18. The Morgan fingerprint density at radius 2 is 1.73 bits per heavy atom. The number of hydrogen-bond donors (Lipinski definition) is 3. The minimum Gasteiger partial charge on any atom is -0.363 e. The van der Waals surface area contributed by atoms with Crippen molar-refractivity contribution in [2.24, 2.45) is 0 Å². The monoisotopic (exact) mass is 408 g/mol. The van der Waals surface area contributed by atoms with Gasteiger partial charge < -0.3 is 16.0 Å². The fraction of sp³-hybridized carbons (Fsp3) is 0.273. The largest absolute Gasteiger partial charge is 0.363 e. The molecule has 156 valence electrons. The molecule has 1 unspecified atom stereocenters. The Kier molecular flexibility index (Phi) is 6.25. The predicted octanol–water partition coefficient (Wildman–Crippen LogP) is 4.46. The quantitative estimate of drug-likeness (QED) is 0.558. The molecule has 1 atom stereocenters. The predicted molar refractivity (Wildman–Crippen MR) is 115 cm³/mol. The Morgan fingerprint density at radius 3 is 2.37 bits per heavy atom. The second-order valence-electron chi connectivity index (χ2n) is 7.96. The van der Waals surface area contributed by atoms with E-state index in [1.807, 2.05) is 27.7 Å². The van der Waals surface area contributed by atoms with E-state index in [-0.39, 0.29) is 23.3 Å². The first-order valence-corrected chi connectivity index (χ1v) is 9.59. The molecule has 0 spiro atoms. The van der Waals surface area contributed by atoms with Crippen LogP contribution in [0.1, 0.15) is 49.7 Å². The fourth-order valence-corrected chi connectivity index (χ4v) is 2.76. The number of nitrogens with zero attached hydrogens (tertiary/aromatic N) is 3. The number of amides is 1. The van der Waals surface area contributed by atoms with Gasteiger partial charge in [0.15, 0.2) is 0 Å². The topological polar surface area (TPSA) is 91.8 Å². The molecule has 0 bridgehead atoms. The lowest BCUT2D eigenvalue weighted by Crippen LogP contribution is -2.40. The van der Waals surface area contributed by atoms with Gasteiger partial charge in [0.25, 0.3) is 5.91 Å². The van der Waals surface area contributed by atoms with Crippen molar-refractivity contribution in [1.82, 2.24) is 20.3 Å². The van der Waals surface area contributed by atoms with Crippen molar-refractivity contribution < 1.29 is 9.18 Å². The Hall–Kier alpha value is -3.55. The molecule has 7 nitrogen and oxygen atoms in total. The van der Waals surface area contributed by atoms with Gasteiger partial charge in [-0.3, -0.25) is 9.78 Å². The lowest BCUT2D eigenvalue weighted by Gasteiger charge is -2.21. The van der Waals surface area contributed by atoms with Crippen LogP contribution in [-0.2, 0) is 0 Å². The number of benzene rings is 1. The van der Waals surface area contributed by atoms with Crippen LogP contribution in [0.25, 0.3) is 0 Å². The van der Waals surface area contributed by atoms with Crippen LogP contribution in [0.3, 0.4) is 0 Å². The van der Waals surface area contributed by atoms with E-state index in [0.29, 0.717) is 23.0 Å². The molecule has 0 aliphatic carbocycles. The molecule has 3 N–H and O–H groups in total. The number of hydrogen-bond acceptors (Lipinski definition) is 6. The highest BCUT2D eigenvalue weighted by Crippen LogP contribution is 2.23. The number of rotatable bonds is 6. The number of nitrogens with one attached hydrogen (secondary N) is 3. The second-order valence-corrected chi connectivity index (χ2v) is 7.96. The number of pyridine rings is 1. The van der Waals surface area contributed by atoms with Gasteiger partial charge in [-0.1, -0.05) is 12.1 Å². The van der Waals surface area contributed by atoms with E-state index >= 15 is 0 Å². The Labute approximate surface area is 175 Å². The molecule has 3 rings (SSSR count). The van der Waals surface area contributed by atoms with Crippen LogP contribution in [0.2, 0.25) is 0 Å². The number of anilines is 3. The van der Waals surface area contributed by atoms with Crippen molar-refractivity contribution >= 4 is 23.4 Å². The summed E-state index contributed by atoms with van der Waals surface area (Å²) in [5.41, 5.74) is 0.958. The molecule has 1 amide bonds. The zero-order valence-electron chi connectivity index (χ0n) is 17.4. The minimum absolute atomic E-state index is 0.150. The van der Waals surface area contributed by atoms with Gasteiger partial charge in [-0.2, -0.15) is 0 Å². The third-order valence-corrected chi connectivity index (χ3v) is 4.13. The maximum atomic E-state index is 13.2. The summed E-state index contributed by atoms with van der Waals surface area (Å²) >= 11 is 0. The Morgan fingerprint density at radius 1 is 1.03 bits per heavy atom. The van der Waals surface area contributed by atoms with Crippen LogP contribution in [0, 0.1) is 5.82 Å². The lowest BCUT2D eigenvalue weighted by atomic mass is 10.1. The minimum atomic E-state index is -0.381. The molecule has 1 aromatic carbocycles. The van der Waals surface area contributed by atoms with E-state index in [9.17, 15) is 9.18 Å². The average Bonchev–Trinajstić information content (AvgIpc) is 2.68. The second kappa shape index (κ2) is 8.86. The summed E-state index contributed by atoms with van der Waals surface area (Å²) in [7, 11) is 0. The van der Waals surface area contributed by atoms with E-state index in [1.54, 1.807) is 42.9 Å². The van der Waals surface area contributed by atoms with Gasteiger partial charge in [0, 0.05) is 29.5 Å². The molecule has 2 aromatic heterocycles. The van der Waals surface area contributed by atoms with Gasteiger partial charge in [-0.05, 0) is 57.5 Å². The zero-order valence-corrected chi connectivity index (χ0v) is 17.4. The summed E-state index contributed by atoms with van der Waals surface area (Å²) in [6.45, 7) is 7.69. The summed E-state index contributed by atoms with van der Waals surface area (Å²) in [5.74, 6) is 0.950. The molecule has 0 fully saturated rings. The molecule has 0 radical (unpaired) electrons. The van der Waals surface area contributed by atoms with Crippen LogP contribution in [0.5, 0.6) is 0 Å². The van der Waals surface area contributed by atoms with E-state index in [4.69, 9.17) is 0 Å². The molecule has 2 heterocycles. The molecule has 0 aliphatic heterocycles. The smallest absolute Gasteiger partial charge is 0.251 e. The van der Waals surface area contributed by atoms with Crippen LogP contribution in [-0.4, -0.2) is 26.4 Å². The van der Waals surface area contributed by atoms with Crippen molar-refractivity contribution in [1.29, 1.82) is 0 Å². The summed E-state index contributed by atoms with van der Waals surface area (Å²) in [4.78, 5) is 25.5. The van der Waals surface area contributed by atoms with E-state index in [1.165, 1.54) is 12.1 Å². The maximum Gasteiger partial charge on any atom is 0.251 e. The Balaban J connectivity index is 1.90. The normalized spacial score (nSPS) is 12.2. The van der Waals surface area contributed by atoms with Gasteiger partial charge in [-0.25, -0.2) is 14.4 Å². The van der Waals surface area contributed by atoms with E-state index in [2.05, 4.69) is 30.9 Å². The third kappa shape index (κ3) is 5.97. The molecular weight excluding hydrogens is 383 g/mol. The highest BCUT2D eigenvalue weighted by molar-refractivity contribution is 5.96. The van der Waals surface area contributed by atoms with Crippen LogP contribution >= 0.6 is 0 Å². The van der Waals surface area contributed by atoms with Crippen molar-refractivity contribution in [3.63, 3.8) is 0 Å².